The Morgan fingerprint density at radius 1 is 0.870 bits per heavy atom. The van der Waals surface area contributed by atoms with Gasteiger partial charge in [-0.1, -0.05) is 60.7 Å². The molecule has 0 unspecified atom stereocenters. The van der Waals surface area contributed by atoms with Crippen LogP contribution in [0.2, 0.25) is 0 Å². The van der Waals surface area contributed by atoms with Crippen molar-refractivity contribution < 1.29 is 9.52 Å². The lowest BCUT2D eigenvalue weighted by Crippen LogP contribution is -2.28. The van der Waals surface area contributed by atoms with E-state index >= 15 is 0 Å². The molecule has 0 aliphatic heterocycles. The predicted octanol–water partition coefficient (Wildman–Crippen LogP) is 4.04. The van der Waals surface area contributed by atoms with Crippen molar-refractivity contribution in [2.75, 3.05) is 0 Å². The van der Waals surface area contributed by atoms with Gasteiger partial charge < -0.3 is 5.21 Å². The fourth-order valence-electron chi connectivity index (χ4n) is 2.28. The molecule has 1 heterocycles. The predicted molar refractivity (Wildman–Crippen MR) is 91.2 cm³/mol. The Labute approximate surface area is 139 Å². The standard InChI is InChI=1S/C19H15NO2S/c21-18(15-9-3-1-4-10-15)19(16-11-5-2-6-12-16)23-17-13-7-8-14-20(17)22/h1-14,19H/t19-/m1/s1. The van der Waals surface area contributed by atoms with E-state index in [0.717, 1.165) is 10.3 Å². The highest BCUT2D eigenvalue weighted by atomic mass is 32.2. The number of pyridine rings is 1. The minimum Gasteiger partial charge on any atom is -0.618 e. The summed E-state index contributed by atoms with van der Waals surface area (Å²) in [6, 6.07) is 23.9. The first-order chi connectivity index (χ1) is 11.3. The second-order valence-electron chi connectivity index (χ2n) is 5.00. The number of benzene rings is 2. The van der Waals surface area contributed by atoms with Gasteiger partial charge >= 0.3 is 0 Å². The molecule has 0 N–H and O–H groups in total. The summed E-state index contributed by atoms with van der Waals surface area (Å²) in [5.41, 5.74) is 1.53. The van der Waals surface area contributed by atoms with Crippen molar-refractivity contribution in [3.8, 4) is 0 Å². The zero-order valence-corrected chi connectivity index (χ0v) is 13.1. The Morgan fingerprint density at radius 3 is 2.13 bits per heavy atom. The van der Waals surface area contributed by atoms with Crippen LogP contribution >= 0.6 is 11.8 Å². The van der Waals surface area contributed by atoms with Crippen LogP contribution in [0.25, 0.3) is 0 Å². The molecule has 0 saturated heterocycles. The summed E-state index contributed by atoms with van der Waals surface area (Å²) in [5.74, 6) is -0.00865. The van der Waals surface area contributed by atoms with E-state index in [2.05, 4.69) is 0 Å². The van der Waals surface area contributed by atoms with E-state index < -0.39 is 5.25 Å². The molecule has 0 amide bonds. The number of nitrogens with zero attached hydrogens (tertiary/aromatic N) is 1. The number of carbonyl (C=O) groups excluding carboxylic acids is 1. The molecule has 2 aromatic carbocycles. The first kappa shape index (κ1) is 15.3. The third kappa shape index (κ3) is 3.60. The smallest absolute Gasteiger partial charge is 0.252 e. The Balaban J connectivity index is 1.98. The van der Waals surface area contributed by atoms with Crippen LogP contribution in [-0.2, 0) is 0 Å². The molecule has 3 aromatic rings. The maximum Gasteiger partial charge on any atom is 0.252 e. The Hall–Kier alpha value is -2.59. The van der Waals surface area contributed by atoms with Gasteiger partial charge in [-0.2, -0.15) is 4.73 Å². The van der Waals surface area contributed by atoms with Crippen molar-refractivity contribution in [1.82, 2.24) is 0 Å². The molecule has 0 saturated carbocycles. The van der Waals surface area contributed by atoms with Crippen molar-refractivity contribution in [1.29, 1.82) is 0 Å². The lowest BCUT2D eigenvalue weighted by Gasteiger charge is -2.15. The second-order valence-corrected chi connectivity index (χ2v) is 6.13. The second kappa shape index (κ2) is 7.11. The molecule has 1 aromatic heterocycles. The molecule has 0 radical (unpaired) electrons. The van der Waals surface area contributed by atoms with Gasteiger partial charge in [-0.05, 0) is 23.4 Å². The zero-order valence-electron chi connectivity index (χ0n) is 12.3. The van der Waals surface area contributed by atoms with Crippen LogP contribution in [0.4, 0.5) is 0 Å². The fraction of sp³-hybridized carbons (Fsp3) is 0.0526. The van der Waals surface area contributed by atoms with E-state index in [1.807, 2.05) is 48.5 Å². The summed E-state index contributed by atoms with van der Waals surface area (Å²) in [6.07, 6.45) is 1.44. The molecule has 1 atom stereocenters. The molecule has 23 heavy (non-hydrogen) atoms. The van der Waals surface area contributed by atoms with Gasteiger partial charge in [0.25, 0.3) is 5.03 Å². The number of ketones is 1. The molecular weight excluding hydrogens is 306 g/mol. The lowest BCUT2D eigenvalue weighted by atomic mass is 10.0. The fourth-order valence-corrected chi connectivity index (χ4v) is 3.38. The zero-order chi connectivity index (χ0) is 16.1. The van der Waals surface area contributed by atoms with Gasteiger partial charge in [0.1, 0.15) is 5.25 Å². The largest absolute Gasteiger partial charge is 0.618 e. The maximum absolute atomic E-state index is 12.9. The van der Waals surface area contributed by atoms with E-state index in [9.17, 15) is 10.0 Å². The molecule has 0 fully saturated rings. The lowest BCUT2D eigenvalue weighted by molar-refractivity contribution is -0.645. The Morgan fingerprint density at radius 2 is 1.48 bits per heavy atom. The number of hydrogen-bond donors (Lipinski definition) is 0. The highest BCUT2D eigenvalue weighted by molar-refractivity contribution is 8.00. The van der Waals surface area contributed by atoms with Crippen LogP contribution in [0.3, 0.4) is 0 Å². The summed E-state index contributed by atoms with van der Waals surface area (Å²) in [5, 5.41) is 12.0. The molecule has 114 valence electrons. The van der Waals surface area contributed by atoms with Gasteiger partial charge in [0.2, 0.25) is 0 Å². The summed E-state index contributed by atoms with van der Waals surface area (Å²) >= 11 is 1.27. The number of thioether (sulfide) groups is 1. The van der Waals surface area contributed by atoms with Crippen LogP contribution in [-0.4, -0.2) is 5.78 Å². The maximum atomic E-state index is 12.9. The van der Waals surface area contributed by atoms with E-state index in [1.54, 1.807) is 30.3 Å². The summed E-state index contributed by atoms with van der Waals surface area (Å²) in [7, 11) is 0. The minimum absolute atomic E-state index is 0.00865. The Bertz CT molecular complexity index is 791. The van der Waals surface area contributed by atoms with E-state index in [0.29, 0.717) is 10.6 Å². The van der Waals surface area contributed by atoms with Crippen molar-refractivity contribution >= 4 is 17.5 Å². The van der Waals surface area contributed by atoms with Crippen LogP contribution in [0, 0.1) is 5.21 Å². The van der Waals surface area contributed by atoms with Gasteiger partial charge in [0.15, 0.2) is 12.0 Å². The summed E-state index contributed by atoms with van der Waals surface area (Å²) in [6.45, 7) is 0. The van der Waals surface area contributed by atoms with Crippen molar-refractivity contribution in [2.45, 2.75) is 10.3 Å². The average molecular weight is 321 g/mol. The number of carbonyl (C=O) groups is 1. The van der Waals surface area contributed by atoms with Crippen molar-refractivity contribution in [3.63, 3.8) is 0 Å². The van der Waals surface area contributed by atoms with E-state index in [4.69, 9.17) is 0 Å². The minimum atomic E-state index is -0.457. The van der Waals surface area contributed by atoms with Gasteiger partial charge in [-0.15, -0.1) is 0 Å². The molecule has 4 heteroatoms. The number of hydrogen-bond acceptors (Lipinski definition) is 3. The third-order valence-corrected chi connectivity index (χ3v) is 4.71. The first-order valence-corrected chi connectivity index (χ1v) is 8.13. The van der Waals surface area contributed by atoms with Crippen molar-refractivity contribution in [3.05, 3.63) is 101 Å². The summed E-state index contributed by atoms with van der Waals surface area (Å²) in [4.78, 5) is 12.9. The highest BCUT2D eigenvalue weighted by Gasteiger charge is 2.26. The summed E-state index contributed by atoms with van der Waals surface area (Å²) < 4.78 is 0.791. The average Bonchev–Trinajstić information content (AvgIpc) is 2.62. The quantitative estimate of drug-likeness (QED) is 0.308. The van der Waals surface area contributed by atoms with Crippen LogP contribution < -0.4 is 4.73 Å². The van der Waals surface area contributed by atoms with Crippen molar-refractivity contribution in [2.24, 2.45) is 0 Å². The third-order valence-electron chi connectivity index (χ3n) is 3.43. The van der Waals surface area contributed by atoms with E-state index in [1.165, 1.54) is 18.0 Å². The van der Waals surface area contributed by atoms with Crippen LogP contribution in [0.5, 0.6) is 0 Å². The molecule has 0 spiro atoms. The number of aromatic nitrogens is 1. The highest BCUT2D eigenvalue weighted by Crippen LogP contribution is 2.36. The molecule has 0 aliphatic carbocycles. The Kier molecular flexibility index (Phi) is 4.74. The molecule has 0 bridgehead atoms. The topological polar surface area (TPSA) is 44.0 Å². The molecule has 0 aliphatic rings. The normalized spacial score (nSPS) is 11.8. The monoisotopic (exact) mass is 321 g/mol. The molecule has 3 rings (SSSR count). The number of rotatable bonds is 5. The molecule has 3 nitrogen and oxygen atoms in total. The van der Waals surface area contributed by atoms with Crippen LogP contribution in [0.15, 0.2) is 90.1 Å². The van der Waals surface area contributed by atoms with Gasteiger partial charge in [0, 0.05) is 17.7 Å². The van der Waals surface area contributed by atoms with Gasteiger partial charge in [0.05, 0.1) is 0 Å². The van der Waals surface area contributed by atoms with E-state index in [-0.39, 0.29) is 5.78 Å². The molecular formula is C19H15NO2S. The first-order valence-electron chi connectivity index (χ1n) is 7.25. The SMILES string of the molecule is O=C(c1ccccc1)[C@H](Sc1cccc[n+]1[O-])c1ccccc1. The van der Waals surface area contributed by atoms with Gasteiger partial charge in [-0.25, -0.2) is 0 Å². The number of Topliss-reactive ketones (excluding diaryl/α,β-unsaturated/α-hetero) is 1. The van der Waals surface area contributed by atoms with Crippen LogP contribution in [0.1, 0.15) is 21.2 Å². The van der Waals surface area contributed by atoms with Gasteiger partial charge in [-0.3, -0.25) is 4.79 Å².